The molecule has 1 atom stereocenters. The molecule has 2 rings (SSSR count). The average Bonchev–Trinajstić information content (AvgIpc) is 2.95. The van der Waals surface area contributed by atoms with Gasteiger partial charge in [-0.05, 0) is 27.3 Å². The number of aryl methyl sites for hydroxylation is 2. The van der Waals surface area contributed by atoms with E-state index in [9.17, 15) is 0 Å². The average molecular weight is 264 g/mol. The largest absolute Gasteiger partial charge is 0.312 e. The maximum absolute atomic E-state index is 4.65. The highest BCUT2D eigenvalue weighted by atomic mass is 32.1. The molecule has 0 aliphatic rings. The lowest BCUT2D eigenvalue weighted by Crippen LogP contribution is -2.11. The molecule has 0 spiro atoms. The minimum atomic E-state index is 0.349. The lowest BCUT2D eigenvalue weighted by molar-refractivity contribution is 0.603. The molecule has 1 unspecified atom stereocenters. The molecule has 0 fully saturated rings. The monoisotopic (exact) mass is 264 g/mol. The van der Waals surface area contributed by atoms with Crippen LogP contribution in [0.5, 0.6) is 0 Å². The molecule has 0 aliphatic heterocycles. The summed E-state index contributed by atoms with van der Waals surface area (Å²) in [6.07, 6.45) is 5.08. The van der Waals surface area contributed by atoms with E-state index in [1.165, 1.54) is 4.88 Å². The van der Waals surface area contributed by atoms with Crippen LogP contribution in [0.25, 0.3) is 10.6 Å². The van der Waals surface area contributed by atoms with E-state index in [4.69, 9.17) is 0 Å². The molecular weight excluding hydrogens is 244 g/mol. The summed E-state index contributed by atoms with van der Waals surface area (Å²) in [5, 5.41) is 8.68. The van der Waals surface area contributed by atoms with Gasteiger partial charge in [0.05, 0.1) is 11.9 Å². The molecular formula is C13H20N4S. The smallest absolute Gasteiger partial charge is 0.127 e. The van der Waals surface area contributed by atoms with Gasteiger partial charge in [0.25, 0.3) is 0 Å². The third kappa shape index (κ3) is 2.62. The molecule has 2 aromatic heterocycles. The molecule has 4 nitrogen and oxygen atoms in total. The van der Waals surface area contributed by atoms with Crippen molar-refractivity contribution in [2.24, 2.45) is 0 Å². The van der Waals surface area contributed by atoms with Crippen LogP contribution in [0.15, 0.2) is 12.4 Å². The van der Waals surface area contributed by atoms with Gasteiger partial charge in [-0.2, -0.15) is 5.10 Å². The zero-order chi connectivity index (χ0) is 13.1. The van der Waals surface area contributed by atoms with Crippen molar-refractivity contribution >= 4 is 11.3 Å². The Balaban J connectivity index is 2.27. The fraction of sp³-hybridized carbons (Fsp3) is 0.538. The minimum Gasteiger partial charge on any atom is -0.312 e. The van der Waals surface area contributed by atoms with Crippen LogP contribution in [0, 0.1) is 6.92 Å². The highest BCUT2D eigenvalue weighted by Gasteiger charge is 2.14. The van der Waals surface area contributed by atoms with E-state index in [2.05, 4.69) is 42.4 Å². The number of rotatable bonds is 5. The van der Waals surface area contributed by atoms with Gasteiger partial charge in [-0.15, -0.1) is 11.3 Å². The summed E-state index contributed by atoms with van der Waals surface area (Å²) < 4.78 is 1.98. The van der Waals surface area contributed by atoms with E-state index in [0.717, 1.165) is 29.2 Å². The Hall–Kier alpha value is -1.20. The van der Waals surface area contributed by atoms with Gasteiger partial charge in [0.1, 0.15) is 5.01 Å². The van der Waals surface area contributed by atoms with Gasteiger partial charge in [-0.3, -0.25) is 4.68 Å². The summed E-state index contributed by atoms with van der Waals surface area (Å²) in [5.74, 6) is 0. The Bertz CT molecular complexity index is 515. The quantitative estimate of drug-likeness (QED) is 0.902. The minimum absolute atomic E-state index is 0.349. The van der Waals surface area contributed by atoms with E-state index < -0.39 is 0 Å². The summed E-state index contributed by atoms with van der Waals surface area (Å²) >= 11 is 1.75. The molecule has 1 N–H and O–H groups in total. The van der Waals surface area contributed by atoms with Crippen molar-refractivity contribution in [1.82, 2.24) is 20.1 Å². The molecule has 98 valence electrons. The maximum atomic E-state index is 4.65. The first-order valence-corrected chi connectivity index (χ1v) is 7.14. The van der Waals surface area contributed by atoms with Crippen LogP contribution in [0.1, 0.15) is 36.9 Å². The molecule has 0 aliphatic carbocycles. The fourth-order valence-electron chi connectivity index (χ4n) is 1.89. The van der Waals surface area contributed by atoms with Gasteiger partial charge in [0, 0.05) is 29.2 Å². The van der Waals surface area contributed by atoms with Gasteiger partial charge in [-0.1, -0.05) is 6.92 Å². The van der Waals surface area contributed by atoms with Gasteiger partial charge in [0.2, 0.25) is 0 Å². The highest BCUT2D eigenvalue weighted by molar-refractivity contribution is 7.15. The third-order valence-corrected chi connectivity index (χ3v) is 4.38. The Morgan fingerprint density at radius 2 is 2.28 bits per heavy atom. The molecule has 2 heterocycles. The van der Waals surface area contributed by atoms with Crippen molar-refractivity contribution in [3.8, 4) is 10.6 Å². The first-order chi connectivity index (χ1) is 8.65. The number of thiazole rings is 1. The molecule has 0 saturated heterocycles. The Kier molecular flexibility index (Phi) is 4.14. The van der Waals surface area contributed by atoms with Crippen molar-refractivity contribution in [2.45, 2.75) is 39.8 Å². The highest BCUT2D eigenvalue weighted by Crippen LogP contribution is 2.31. The molecule has 18 heavy (non-hydrogen) atoms. The van der Waals surface area contributed by atoms with Crippen molar-refractivity contribution < 1.29 is 0 Å². The topological polar surface area (TPSA) is 42.7 Å². The van der Waals surface area contributed by atoms with E-state index >= 15 is 0 Å². The molecule has 0 amide bonds. The number of hydrogen-bond donors (Lipinski definition) is 1. The lowest BCUT2D eigenvalue weighted by atomic mass is 10.2. The van der Waals surface area contributed by atoms with Crippen molar-refractivity contribution in [3.05, 3.63) is 23.0 Å². The standard InChI is InChI=1S/C13H20N4S/c1-5-6-17-8-11(7-15-17)13-16-10(3)12(18-13)9(2)14-4/h7-9,14H,5-6H2,1-4H3. The van der Waals surface area contributed by atoms with Crippen LogP contribution in [0.3, 0.4) is 0 Å². The van der Waals surface area contributed by atoms with E-state index in [1.807, 2.05) is 17.9 Å². The lowest BCUT2D eigenvalue weighted by Gasteiger charge is -2.06. The number of nitrogens with zero attached hydrogens (tertiary/aromatic N) is 3. The normalized spacial score (nSPS) is 12.9. The summed E-state index contributed by atoms with van der Waals surface area (Å²) in [6.45, 7) is 7.34. The summed E-state index contributed by atoms with van der Waals surface area (Å²) in [7, 11) is 1.97. The third-order valence-electron chi connectivity index (χ3n) is 2.99. The van der Waals surface area contributed by atoms with Crippen LogP contribution in [0.4, 0.5) is 0 Å². The fourth-order valence-corrected chi connectivity index (χ4v) is 2.99. The van der Waals surface area contributed by atoms with Gasteiger partial charge in [0.15, 0.2) is 0 Å². The van der Waals surface area contributed by atoms with Gasteiger partial charge >= 0.3 is 0 Å². The van der Waals surface area contributed by atoms with E-state index in [1.54, 1.807) is 11.3 Å². The molecule has 0 aromatic carbocycles. The maximum Gasteiger partial charge on any atom is 0.127 e. The predicted molar refractivity (Wildman–Crippen MR) is 75.8 cm³/mol. The molecule has 2 aromatic rings. The summed E-state index contributed by atoms with van der Waals surface area (Å²) in [6, 6.07) is 0.349. The van der Waals surface area contributed by atoms with Gasteiger partial charge < -0.3 is 5.32 Å². The molecule has 0 saturated carbocycles. The Labute approximate surface area is 112 Å². The number of nitrogens with one attached hydrogen (secondary N) is 1. The van der Waals surface area contributed by atoms with Crippen LogP contribution in [0.2, 0.25) is 0 Å². The first kappa shape index (κ1) is 13.2. The predicted octanol–water partition coefficient (Wildman–Crippen LogP) is 3.01. The van der Waals surface area contributed by atoms with Crippen LogP contribution in [-0.2, 0) is 6.54 Å². The second-order valence-corrected chi connectivity index (χ2v) is 5.50. The van der Waals surface area contributed by atoms with Crippen LogP contribution < -0.4 is 5.32 Å². The summed E-state index contributed by atoms with van der Waals surface area (Å²) in [5.41, 5.74) is 2.23. The van der Waals surface area contributed by atoms with Gasteiger partial charge in [-0.25, -0.2) is 4.98 Å². The second kappa shape index (κ2) is 5.63. The van der Waals surface area contributed by atoms with Crippen molar-refractivity contribution in [2.75, 3.05) is 7.05 Å². The SMILES string of the molecule is CCCn1cc(-c2nc(C)c(C(C)NC)s2)cn1. The zero-order valence-electron chi connectivity index (χ0n) is 11.4. The molecule has 0 radical (unpaired) electrons. The van der Waals surface area contributed by atoms with E-state index in [0.29, 0.717) is 6.04 Å². The first-order valence-electron chi connectivity index (χ1n) is 6.33. The molecule has 5 heteroatoms. The summed E-state index contributed by atoms with van der Waals surface area (Å²) in [4.78, 5) is 5.95. The number of aromatic nitrogens is 3. The second-order valence-electron chi connectivity index (χ2n) is 4.47. The Morgan fingerprint density at radius 1 is 1.50 bits per heavy atom. The number of hydrogen-bond acceptors (Lipinski definition) is 4. The van der Waals surface area contributed by atoms with E-state index in [-0.39, 0.29) is 0 Å². The molecule has 0 bridgehead atoms. The zero-order valence-corrected chi connectivity index (χ0v) is 12.2. The van der Waals surface area contributed by atoms with Crippen molar-refractivity contribution in [3.63, 3.8) is 0 Å². The Morgan fingerprint density at radius 3 is 2.94 bits per heavy atom. The van der Waals surface area contributed by atoms with Crippen LogP contribution >= 0.6 is 11.3 Å². The van der Waals surface area contributed by atoms with Crippen molar-refractivity contribution in [1.29, 1.82) is 0 Å². The van der Waals surface area contributed by atoms with Crippen LogP contribution in [-0.4, -0.2) is 21.8 Å².